The van der Waals surface area contributed by atoms with Gasteiger partial charge in [0.15, 0.2) is 0 Å². The molecule has 86 valence electrons. The van der Waals surface area contributed by atoms with Gasteiger partial charge in [-0.25, -0.2) is 9.97 Å². The van der Waals surface area contributed by atoms with Gasteiger partial charge in [-0.3, -0.25) is 0 Å². The molecule has 0 atom stereocenters. The molecule has 1 aromatic carbocycles. The smallest absolute Gasteiger partial charge is 0.137 e. The summed E-state index contributed by atoms with van der Waals surface area (Å²) in [5.41, 5.74) is 9.50. The Balaban J connectivity index is 1.97. The highest BCUT2D eigenvalue weighted by atomic mass is 15.2. The Morgan fingerprint density at radius 3 is 2.41 bits per heavy atom. The zero-order valence-electron chi connectivity index (χ0n) is 9.72. The van der Waals surface area contributed by atoms with Gasteiger partial charge in [0.05, 0.1) is 0 Å². The molecular formula is C13H14N4. The number of aromatic nitrogens is 2. The number of nitrogens with two attached hydrogens (primary N) is 1. The highest BCUT2D eigenvalue weighted by Gasteiger charge is 2.21. The first-order valence-corrected chi connectivity index (χ1v) is 5.64. The van der Waals surface area contributed by atoms with Gasteiger partial charge >= 0.3 is 0 Å². The summed E-state index contributed by atoms with van der Waals surface area (Å²) in [6.07, 6.45) is 1.53. The molecule has 1 aliphatic rings. The number of fused-ring (bicyclic) bond motifs is 1. The first-order chi connectivity index (χ1) is 8.25. The van der Waals surface area contributed by atoms with Crippen LogP contribution in [-0.4, -0.2) is 9.97 Å². The zero-order valence-corrected chi connectivity index (χ0v) is 9.72. The van der Waals surface area contributed by atoms with Gasteiger partial charge in [-0.15, -0.1) is 0 Å². The third kappa shape index (κ3) is 1.62. The second-order valence-electron chi connectivity index (χ2n) is 4.33. The quantitative estimate of drug-likeness (QED) is 0.806. The van der Waals surface area contributed by atoms with Crippen molar-refractivity contribution in [3.63, 3.8) is 0 Å². The first kappa shape index (κ1) is 10.1. The van der Waals surface area contributed by atoms with Crippen molar-refractivity contribution in [3.05, 3.63) is 47.3 Å². The summed E-state index contributed by atoms with van der Waals surface area (Å²) in [4.78, 5) is 10.6. The Kier molecular flexibility index (Phi) is 2.21. The van der Waals surface area contributed by atoms with E-state index >= 15 is 0 Å². The number of rotatable bonds is 1. The van der Waals surface area contributed by atoms with E-state index in [2.05, 4.69) is 39.1 Å². The van der Waals surface area contributed by atoms with Crippen LogP contribution in [0.2, 0.25) is 0 Å². The van der Waals surface area contributed by atoms with Crippen molar-refractivity contribution in [2.75, 3.05) is 10.6 Å². The lowest BCUT2D eigenvalue weighted by Gasteiger charge is -2.18. The molecule has 0 saturated carbocycles. The Morgan fingerprint density at radius 1 is 1.12 bits per heavy atom. The summed E-state index contributed by atoms with van der Waals surface area (Å²) in [6.45, 7) is 3.76. The Bertz CT molecular complexity index is 540. The first-order valence-electron chi connectivity index (χ1n) is 5.64. The van der Waals surface area contributed by atoms with E-state index in [4.69, 9.17) is 5.73 Å². The van der Waals surface area contributed by atoms with E-state index in [1.807, 2.05) is 6.92 Å². The van der Waals surface area contributed by atoms with Crippen molar-refractivity contribution >= 4 is 11.6 Å². The van der Waals surface area contributed by atoms with Crippen molar-refractivity contribution in [2.45, 2.75) is 20.0 Å². The predicted molar refractivity (Wildman–Crippen MR) is 67.5 cm³/mol. The van der Waals surface area contributed by atoms with Crippen LogP contribution in [0.5, 0.6) is 0 Å². The summed E-state index contributed by atoms with van der Waals surface area (Å²) >= 11 is 0. The number of nitrogen functional groups attached to an aromatic ring is 1. The summed E-state index contributed by atoms with van der Waals surface area (Å²) in [7, 11) is 0. The second-order valence-corrected chi connectivity index (χ2v) is 4.33. The van der Waals surface area contributed by atoms with Gasteiger partial charge in [0.1, 0.15) is 18.0 Å². The fourth-order valence-corrected chi connectivity index (χ4v) is 2.26. The van der Waals surface area contributed by atoms with Crippen LogP contribution < -0.4 is 10.6 Å². The van der Waals surface area contributed by atoms with Gasteiger partial charge in [-0.05, 0) is 18.1 Å². The summed E-state index contributed by atoms with van der Waals surface area (Å²) in [6, 6.07) is 8.47. The molecule has 1 aromatic heterocycles. The Hall–Kier alpha value is -2.10. The molecule has 4 nitrogen and oxygen atoms in total. The maximum absolute atomic E-state index is 5.82. The Morgan fingerprint density at radius 2 is 1.76 bits per heavy atom. The van der Waals surface area contributed by atoms with Gasteiger partial charge in [0, 0.05) is 18.7 Å². The predicted octanol–water partition coefficient (Wildman–Crippen LogP) is 1.89. The molecule has 2 N–H and O–H groups in total. The van der Waals surface area contributed by atoms with Gasteiger partial charge in [-0.2, -0.15) is 0 Å². The van der Waals surface area contributed by atoms with Crippen molar-refractivity contribution in [3.8, 4) is 0 Å². The molecule has 2 heterocycles. The number of hydrogen-bond acceptors (Lipinski definition) is 4. The molecule has 0 aliphatic carbocycles. The van der Waals surface area contributed by atoms with Crippen molar-refractivity contribution in [1.82, 2.24) is 9.97 Å². The normalized spacial score (nSPS) is 13.8. The van der Waals surface area contributed by atoms with Crippen molar-refractivity contribution in [2.24, 2.45) is 0 Å². The number of nitrogens with zero attached hydrogens (tertiary/aromatic N) is 3. The van der Waals surface area contributed by atoms with Crippen LogP contribution in [0.25, 0.3) is 0 Å². The fourth-order valence-electron chi connectivity index (χ4n) is 2.26. The van der Waals surface area contributed by atoms with E-state index in [0.29, 0.717) is 5.82 Å². The average molecular weight is 226 g/mol. The van der Waals surface area contributed by atoms with Crippen LogP contribution in [-0.2, 0) is 13.1 Å². The Labute approximate surface area is 100 Å². The van der Waals surface area contributed by atoms with E-state index in [-0.39, 0.29) is 0 Å². The fraction of sp³-hybridized carbons (Fsp3) is 0.231. The molecule has 3 rings (SSSR count). The lowest BCUT2D eigenvalue weighted by Crippen LogP contribution is -2.18. The molecule has 17 heavy (non-hydrogen) atoms. The molecule has 0 fully saturated rings. The lowest BCUT2D eigenvalue weighted by atomic mass is 10.1. The monoisotopic (exact) mass is 226 g/mol. The maximum atomic E-state index is 5.82. The van der Waals surface area contributed by atoms with Gasteiger partial charge in [0.2, 0.25) is 0 Å². The van der Waals surface area contributed by atoms with E-state index in [1.54, 1.807) is 0 Å². The maximum Gasteiger partial charge on any atom is 0.137 e. The molecule has 4 heteroatoms. The third-order valence-corrected chi connectivity index (χ3v) is 3.24. The van der Waals surface area contributed by atoms with Crippen molar-refractivity contribution < 1.29 is 0 Å². The SMILES string of the molecule is Cc1c(N)ncnc1N1Cc2ccccc2C1. The van der Waals surface area contributed by atoms with Gasteiger partial charge in [-0.1, -0.05) is 24.3 Å². The van der Waals surface area contributed by atoms with E-state index in [1.165, 1.54) is 17.5 Å². The molecule has 0 bridgehead atoms. The van der Waals surface area contributed by atoms with Gasteiger partial charge < -0.3 is 10.6 Å². The van der Waals surface area contributed by atoms with Gasteiger partial charge in [0.25, 0.3) is 0 Å². The molecular weight excluding hydrogens is 212 g/mol. The van der Waals surface area contributed by atoms with Crippen LogP contribution >= 0.6 is 0 Å². The molecule has 1 aliphatic heterocycles. The molecule has 0 radical (unpaired) electrons. The van der Waals surface area contributed by atoms with E-state index in [9.17, 15) is 0 Å². The van der Waals surface area contributed by atoms with Crippen molar-refractivity contribution in [1.29, 1.82) is 0 Å². The standard InChI is InChI=1S/C13H14N4/c1-9-12(14)15-8-16-13(9)17-6-10-4-2-3-5-11(10)7-17/h2-5,8H,6-7H2,1H3,(H2,14,15,16). The summed E-state index contributed by atoms with van der Waals surface area (Å²) in [5.74, 6) is 1.50. The van der Waals surface area contributed by atoms with Crippen LogP contribution in [0.4, 0.5) is 11.6 Å². The second kappa shape index (κ2) is 3.73. The topological polar surface area (TPSA) is 55.0 Å². The van der Waals surface area contributed by atoms with Crippen LogP contribution in [0.1, 0.15) is 16.7 Å². The van der Waals surface area contributed by atoms with E-state index in [0.717, 1.165) is 24.5 Å². The van der Waals surface area contributed by atoms with Crippen LogP contribution in [0.3, 0.4) is 0 Å². The molecule has 0 unspecified atom stereocenters. The minimum absolute atomic E-state index is 0.561. The van der Waals surface area contributed by atoms with E-state index < -0.39 is 0 Å². The molecule has 0 spiro atoms. The third-order valence-electron chi connectivity index (χ3n) is 3.24. The minimum atomic E-state index is 0.561. The number of hydrogen-bond donors (Lipinski definition) is 1. The lowest BCUT2D eigenvalue weighted by molar-refractivity contribution is 0.845. The highest BCUT2D eigenvalue weighted by molar-refractivity contribution is 5.58. The molecule has 2 aromatic rings. The largest absolute Gasteiger partial charge is 0.383 e. The molecule has 0 amide bonds. The average Bonchev–Trinajstić information content (AvgIpc) is 2.76. The number of anilines is 2. The highest BCUT2D eigenvalue weighted by Crippen LogP contribution is 2.29. The van der Waals surface area contributed by atoms with Crippen LogP contribution in [0.15, 0.2) is 30.6 Å². The van der Waals surface area contributed by atoms with Crippen LogP contribution in [0, 0.1) is 6.92 Å². The summed E-state index contributed by atoms with van der Waals surface area (Å²) < 4.78 is 0. The molecule has 0 saturated heterocycles. The number of benzene rings is 1. The summed E-state index contributed by atoms with van der Waals surface area (Å²) in [5, 5.41) is 0. The minimum Gasteiger partial charge on any atom is -0.383 e. The zero-order chi connectivity index (χ0) is 11.8.